The van der Waals surface area contributed by atoms with Gasteiger partial charge in [0, 0.05) is 6.54 Å². The van der Waals surface area contributed by atoms with Crippen LogP contribution in [0.2, 0.25) is 0 Å². The van der Waals surface area contributed by atoms with Crippen molar-refractivity contribution in [2.75, 3.05) is 19.7 Å². The van der Waals surface area contributed by atoms with Gasteiger partial charge < -0.3 is 10.1 Å². The van der Waals surface area contributed by atoms with E-state index in [0.29, 0.717) is 12.5 Å². The summed E-state index contributed by atoms with van der Waals surface area (Å²) in [7, 11) is 0. The first kappa shape index (κ1) is 11.5. The van der Waals surface area contributed by atoms with Crippen LogP contribution in [0.1, 0.15) is 33.6 Å². The Morgan fingerprint density at radius 3 is 2.71 bits per heavy atom. The number of nitrogens with one attached hydrogen (secondary N) is 1. The molecule has 0 spiro atoms. The number of carbonyl (C=O) groups is 1. The van der Waals surface area contributed by atoms with Gasteiger partial charge in [0.2, 0.25) is 0 Å². The van der Waals surface area contributed by atoms with E-state index in [0.717, 1.165) is 25.9 Å². The lowest BCUT2D eigenvalue weighted by Gasteiger charge is -2.27. The van der Waals surface area contributed by atoms with Crippen LogP contribution in [0.25, 0.3) is 0 Å². The highest BCUT2D eigenvalue weighted by Crippen LogP contribution is 2.34. The maximum absolute atomic E-state index is 11.8. The Labute approximate surface area is 86.2 Å². The van der Waals surface area contributed by atoms with Crippen molar-refractivity contribution in [2.24, 2.45) is 11.3 Å². The van der Waals surface area contributed by atoms with Gasteiger partial charge in [-0.2, -0.15) is 0 Å². The van der Waals surface area contributed by atoms with Crippen LogP contribution in [0, 0.1) is 11.3 Å². The Bertz CT molecular complexity index is 195. The largest absolute Gasteiger partial charge is 0.466 e. The third-order valence-corrected chi connectivity index (χ3v) is 2.75. The van der Waals surface area contributed by atoms with Crippen molar-refractivity contribution in [1.82, 2.24) is 5.32 Å². The molecule has 0 bridgehead atoms. The summed E-state index contributed by atoms with van der Waals surface area (Å²) in [5, 5.41) is 3.26. The number of ether oxygens (including phenoxy) is 1. The predicted octanol–water partition coefficient (Wildman–Crippen LogP) is 1.58. The van der Waals surface area contributed by atoms with Crippen molar-refractivity contribution in [3.63, 3.8) is 0 Å². The van der Waals surface area contributed by atoms with Gasteiger partial charge in [-0.3, -0.25) is 4.79 Å². The first-order chi connectivity index (χ1) is 6.60. The van der Waals surface area contributed by atoms with Gasteiger partial charge >= 0.3 is 5.97 Å². The van der Waals surface area contributed by atoms with Gasteiger partial charge in [0.1, 0.15) is 0 Å². The molecule has 1 atom stereocenters. The van der Waals surface area contributed by atoms with Gasteiger partial charge in [0.25, 0.3) is 0 Å². The van der Waals surface area contributed by atoms with E-state index in [1.165, 1.54) is 0 Å². The smallest absolute Gasteiger partial charge is 0.313 e. The van der Waals surface area contributed by atoms with Crippen LogP contribution < -0.4 is 5.32 Å². The van der Waals surface area contributed by atoms with Crippen molar-refractivity contribution in [2.45, 2.75) is 33.6 Å². The van der Waals surface area contributed by atoms with E-state index in [1.807, 2.05) is 6.92 Å². The average molecular weight is 199 g/mol. The highest BCUT2D eigenvalue weighted by molar-refractivity contribution is 5.77. The molecule has 82 valence electrons. The standard InChI is InChI=1S/C11H21NO2/c1-4-14-10(13)11(7-9(2)3)5-6-12-8-11/h9,12H,4-8H2,1-3H3. The second-order valence-electron chi connectivity index (χ2n) is 4.53. The van der Waals surface area contributed by atoms with Crippen LogP contribution >= 0.6 is 0 Å². The van der Waals surface area contributed by atoms with Crippen molar-refractivity contribution in [3.8, 4) is 0 Å². The molecule has 1 N–H and O–H groups in total. The summed E-state index contributed by atoms with van der Waals surface area (Å²) in [6.07, 6.45) is 1.85. The van der Waals surface area contributed by atoms with Crippen LogP contribution in [0.5, 0.6) is 0 Å². The normalized spacial score (nSPS) is 26.9. The molecule has 1 rings (SSSR count). The monoisotopic (exact) mass is 199 g/mol. The third kappa shape index (κ3) is 2.47. The molecule has 0 saturated carbocycles. The lowest BCUT2D eigenvalue weighted by atomic mass is 9.79. The maximum Gasteiger partial charge on any atom is 0.313 e. The average Bonchev–Trinajstić information content (AvgIpc) is 2.53. The molecule has 0 amide bonds. The van der Waals surface area contributed by atoms with Crippen molar-refractivity contribution < 1.29 is 9.53 Å². The molecule has 1 unspecified atom stereocenters. The molecule has 3 nitrogen and oxygen atoms in total. The number of esters is 1. The van der Waals surface area contributed by atoms with Gasteiger partial charge in [-0.1, -0.05) is 13.8 Å². The zero-order valence-electron chi connectivity index (χ0n) is 9.43. The minimum atomic E-state index is -0.246. The van der Waals surface area contributed by atoms with Crippen molar-refractivity contribution in [3.05, 3.63) is 0 Å². The molecule has 1 fully saturated rings. The molecule has 14 heavy (non-hydrogen) atoms. The second-order valence-corrected chi connectivity index (χ2v) is 4.53. The summed E-state index contributed by atoms with van der Waals surface area (Å²) in [5.74, 6) is 0.526. The van der Waals surface area contributed by atoms with E-state index in [9.17, 15) is 4.79 Å². The Hall–Kier alpha value is -0.570. The van der Waals surface area contributed by atoms with Gasteiger partial charge in [-0.25, -0.2) is 0 Å². The molecule has 0 aromatic carbocycles. The number of hydrogen-bond donors (Lipinski definition) is 1. The lowest BCUT2D eigenvalue weighted by Crippen LogP contribution is -2.36. The zero-order valence-corrected chi connectivity index (χ0v) is 9.43. The summed E-state index contributed by atoms with van der Waals surface area (Å²) >= 11 is 0. The molecule has 0 aromatic heterocycles. The first-order valence-electron chi connectivity index (χ1n) is 5.48. The fourth-order valence-corrected chi connectivity index (χ4v) is 2.24. The number of hydrogen-bond acceptors (Lipinski definition) is 3. The van der Waals surface area contributed by atoms with E-state index < -0.39 is 0 Å². The minimum Gasteiger partial charge on any atom is -0.466 e. The van der Waals surface area contributed by atoms with E-state index in [1.54, 1.807) is 0 Å². The molecular formula is C11H21NO2. The van der Waals surface area contributed by atoms with Crippen LogP contribution in [-0.4, -0.2) is 25.7 Å². The molecule has 1 heterocycles. The topological polar surface area (TPSA) is 38.3 Å². The SMILES string of the molecule is CCOC(=O)C1(CC(C)C)CCNC1. The van der Waals surface area contributed by atoms with Gasteiger partial charge in [0.05, 0.1) is 12.0 Å². The second kappa shape index (κ2) is 4.78. The summed E-state index contributed by atoms with van der Waals surface area (Å²) in [6.45, 7) is 8.37. The summed E-state index contributed by atoms with van der Waals surface area (Å²) in [6, 6.07) is 0. The number of carbonyl (C=O) groups excluding carboxylic acids is 1. The number of rotatable bonds is 4. The Morgan fingerprint density at radius 2 is 2.29 bits per heavy atom. The third-order valence-electron chi connectivity index (χ3n) is 2.75. The molecule has 0 radical (unpaired) electrons. The summed E-state index contributed by atoms with van der Waals surface area (Å²) in [4.78, 5) is 11.8. The maximum atomic E-state index is 11.8. The fraction of sp³-hybridized carbons (Fsp3) is 0.909. The Balaban J connectivity index is 2.65. The van der Waals surface area contributed by atoms with E-state index in [4.69, 9.17) is 4.74 Å². The van der Waals surface area contributed by atoms with E-state index in [-0.39, 0.29) is 11.4 Å². The lowest BCUT2D eigenvalue weighted by molar-refractivity contribution is -0.155. The van der Waals surface area contributed by atoms with Crippen molar-refractivity contribution >= 4 is 5.97 Å². The molecule has 1 aliphatic heterocycles. The molecular weight excluding hydrogens is 178 g/mol. The molecule has 3 heteroatoms. The fourth-order valence-electron chi connectivity index (χ4n) is 2.24. The highest BCUT2D eigenvalue weighted by Gasteiger charge is 2.42. The minimum absolute atomic E-state index is 0.0151. The predicted molar refractivity (Wildman–Crippen MR) is 56.0 cm³/mol. The summed E-state index contributed by atoms with van der Waals surface area (Å²) in [5.41, 5.74) is -0.246. The van der Waals surface area contributed by atoms with Crippen LogP contribution in [0.4, 0.5) is 0 Å². The first-order valence-corrected chi connectivity index (χ1v) is 5.48. The molecule has 0 aromatic rings. The van der Waals surface area contributed by atoms with Gasteiger partial charge in [-0.05, 0) is 32.2 Å². The van der Waals surface area contributed by atoms with Crippen LogP contribution in [0.15, 0.2) is 0 Å². The Morgan fingerprint density at radius 1 is 1.57 bits per heavy atom. The highest BCUT2D eigenvalue weighted by atomic mass is 16.5. The molecule has 1 aliphatic rings. The van der Waals surface area contributed by atoms with E-state index >= 15 is 0 Å². The van der Waals surface area contributed by atoms with Crippen LogP contribution in [-0.2, 0) is 9.53 Å². The molecule has 1 saturated heterocycles. The summed E-state index contributed by atoms with van der Waals surface area (Å²) < 4.78 is 5.15. The van der Waals surface area contributed by atoms with Gasteiger partial charge in [-0.15, -0.1) is 0 Å². The zero-order chi connectivity index (χ0) is 10.6. The van der Waals surface area contributed by atoms with Gasteiger partial charge in [0.15, 0.2) is 0 Å². The quantitative estimate of drug-likeness (QED) is 0.698. The van der Waals surface area contributed by atoms with Crippen molar-refractivity contribution in [1.29, 1.82) is 0 Å². The van der Waals surface area contributed by atoms with Crippen LogP contribution in [0.3, 0.4) is 0 Å². The molecule has 0 aliphatic carbocycles. The van der Waals surface area contributed by atoms with E-state index in [2.05, 4.69) is 19.2 Å². The Kier molecular flexibility index (Phi) is 3.93.